The maximum Gasteiger partial charge on any atom is 0.368 e. The summed E-state index contributed by atoms with van der Waals surface area (Å²) in [5.74, 6) is 0.577. The van der Waals surface area contributed by atoms with Crippen LogP contribution in [0.5, 0.6) is 0 Å². The van der Waals surface area contributed by atoms with Gasteiger partial charge in [0.05, 0.1) is 12.0 Å². The Morgan fingerprint density at radius 2 is 2.12 bits per heavy atom. The van der Waals surface area contributed by atoms with E-state index in [2.05, 4.69) is 15.6 Å². The molecule has 3 rings (SSSR count). The summed E-state index contributed by atoms with van der Waals surface area (Å²) in [4.78, 5) is 17.9. The van der Waals surface area contributed by atoms with Gasteiger partial charge in [-0.15, -0.1) is 0 Å². The van der Waals surface area contributed by atoms with Crippen molar-refractivity contribution in [2.24, 2.45) is 12.2 Å². The van der Waals surface area contributed by atoms with Crippen molar-refractivity contribution in [3.8, 4) is 5.69 Å². The molecule has 24 heavy (non-hydrogen) atoms. The molecule has 0 radical (unpaired) electrons. The topological polar surface area (TPSA) is 87.4 Å². The molecule has 3 aromatic rings. The zero-order valence-corrected chi connectivity index (χ0v) is 13.6. The predicted octanol–water partition coefficient (Wildman–Crippen LogP) is 1.98. The summed E-state index contributed by atoms with van der Waals surface area (Å²) in [6, 6.07) is 9.12. The third kappa shape index (κ3) is 2.73. The van der Waals surface area contributed by atoms with E-state index >= 15 is 0 Å². The minimum absolute atomic E-state index is 0.348. The first-order chi connectivity index (χ1) is 11.6. The van der Waals surface area contributed by atoms with Gasteiger partial charge in [-0.3, -0.25) is 0 Å². The van der Waals surface area contributed by atoms with Crippen LogP contribution in [-0.4, -0.2) is 26.0 Å². The molecule has 1 atom stereocenters. The molecule has 8 nitrogen and oxygen atoms in total. The Hall–Kier alpha value is -3.16. The van der Waals surface area contributed by atoms with Gasteiger partial charge in [0.2, 0.25) is 6.10 Å². The Labute approximate surface area is 137 Å². The number of aromatic nitrogens is 4. The third-order valence-corrected chi connectivity index (χ3v) is 3.59. The Morgan fingerprint density at radius 1 is 1.29 bits per heavy atom. The Morgan fingerprint density at radius 3 is 2.75 bits per heavy atom. The van der Waals surface area contributed by atoms with Crippen LogP contribution in [0.4, 0.5) is 0 Å². The van der Waals surface area contributed by atoms with Crippen LogP contribution < -0.4 is 5.69 Å². The molecule has 0 aliphatic carbocycles. The second-order valence-electron chi connectivity index (χ2n) is 5.17. The van der Waals surface area contributed by atoms with Crippen molar-refractivity contribution in [2.45, 2.75) is 20.0 Å². The van der Waals surface area contributed by atoms with Gasteiger partial charge in [-0.1, -0.05) is 17.3 Å². The molecule has 1 aromatic carbocycles. The highest BCUT2D eigenvalue weighted by Crippen LogP contribution is 2.33. The predicted molar refractivity (Wildman–Crippen MR) is 87.1 cm³/mol. The zero-order chi connectivity index (χ0) is 17.1. The highest BCUT2D eigenvalue weighted by atomic mass is 16.6. The van der Waals surface area contributed by atoms with Crippen LogP contribution in [-0.2, 0) is 11.9 Å². The highest BCUT2D eigenvalue weighted by Gasteiger charge is 2.26. The van der Waals surface area contributed by atoms with Crippen molar-refractivity contribution in [3.05, 3.63) is 64.0 Å². The molecule has 2 heterocycles. The quantitative estimate of drug-likeness (QED) is 0.528. The van der Waals surface area contributed by atoms with Crippen LogP contribution >= 0.6 is 0 Å². The van der Waals surface area contributed by atoms with Crippen LogP contribution in [0.3, 0.4) is 0 Å². The van der Waals surface area contributed by atoms with Gasteiger partial charge < -0.3 is 9.25 Å². The van der Waals surface area contributed by atoms with Gasteiger partial charge in [-0.25, -0.2) is 4.79 Å². The Kier molecular flexibility index (Phi) is 4.28. The number of rotatable bonds is 5. The molecule has 8 heteroatoms. The number of nitrogens with zero attached hydrogens (tertiary/aromatic N) is 5. The molecule has 0 saturated heterocycles. The molecular weight excluding hydrogens is 310 g/mol. The number of furan rings is 1. The van der Waals surface area contributed by atoms with Crippen molar-refractivity contribution in [1.82, 2.24) is 19.8 Å². The zero-order valence-electron chi connectivity index (χ0n) is 13.6. The maximum absolute atomic E-state index is 12.3. The first-order valence-electron chi connectivity index (χ1n) is 7.39. The number of hydrogen-bond acceptors (Lipinski definition) is 6. The molecule has 0 bridgehead atoms. The summed E-state index contributed by atoms with van der Waals surface area (Å²) in [5, 5.41) is 11.6. The average Bonchev–Trinajstić information content (AvgIpc) is 3.21. The van der Waals surface area contributed by atoms with Crippen molar-refractivity contribution < 1.29 is 9.25 Å². The summed E-state index contributed by atoms with van der Waals surface area (Å²) < 4.78 is 7.90. The number of oxime groups is 1. The first-order valence-corrected chi connectivity index (χ1v) is 7.39. The molecule has 1 unspecified atom stereocenters. The fraction of sp³-hybridized carbons (Fsp3) is 0.250. The van der Waals surface area contributed by atoms with E-state index in [1.54, 1.807) is 44.6 Å². The molecular formula is C16H17N5O3. The molecule has 0 spiro atoms. The smallest absolute Gasteiger partial charge is 0.368 e. The van der Waals surface area contributed by atoms with E-state index in [4.69, 9.17) is 9.25 Å². The van der Waals surface area contributed by atoms with E-state index in [0.717, 1.165) is 11.1 Å². The SMILES string of the molecule is CC=NOC(c1ccco1)c1c(C)cccc1-n1nnn(C)c1=O. The second kappa shape index (κ2) is 6.53. The summed E-state index contributed by atoms with van der Waals surface area (Å²) in [5.41, 5.74) is 1.87. The van der Waals surface area contributed by atoms with Gasteiger partial charge in [0.15, 0.2) is 5.76 Å². The lowest BCUT2D eigenvalue weighted by atomic mass is 9.99. The summed E-state index contributed by atoms with van der Waals surface area (Å²) in [6.45, 7) is 3.68. The molecule has 0 saturated carbocycles. The Balaban J connectivity index is 2.21. The average molecular weight is 327 g/mol. The van der Waals surface area contributed by atoms with E-state index in [0.29, 0.717) is 11.4 Å². The lowest BCUT2D eigenvalue weighted by molar-refractivity contribution is 0.0719. The number of benzene rings is 1. The first kappa shape index (κ1) is 15.7. The normalized spacial score (nSPS) is 12.6. The van der Waals surface area contributed by atoms with Gasteiger partial charge in [0, 0.05) is 18.8 Å². The van der Waals surface area contributed by atoms with E-state index in [-0.39, 0.29) is 5.69 Å². The van der Waals surface area contributed by atoms with Crippen molar-refractivity contribution >= 4 is 6.21 Å². The minimum Gasteiger partial charge on any atom is -0.465 e. The summed E-state index contributed by atoms with van der Waals surface area (Å²) in [6.07, 6.45) is 2.50. The molecule has 2 aromatic heterocycles. The summed E-state index contributed by atoms with van der Waals surface area (Å²) in [7, 11) is 1.54. The number of aryl methyl sites for hydroxylation is 2. The molecule has 0 fully saturated rings. The minimum atomic E-state index is -0.610. The van der Waals surface area contributed by atoms with Crippen molar-refractivity contribution in [1.29, 1.82) is 0 Å². The second-order valence-corrected chi connectivity index (χ2v) is 5.17. The molecule has 0 aliphatic heterocycles. The highest BCUT2D eigenvalue weighted by molar-refractivity contribution is 5.52. The maximum atomic E-state index is 12.3. The van der Waals surface area contributed by atoms with Crippen molar-refractivity contribution in [3.63, 3.8) is 0 Å². The number of tetrazole rings is 1. The Bertz CT molecular complexity index is 908. The monoisotopic (exact) mass is 327 g/mol. The fourth-order valence-electron chi connectivity index (χ4n) is 2.46. The van der Waals surface area contributed by atoms with Crippen LogP contribution in [0.15, 0.2) is 51.0 Å². The summed E-state index contributed by atoms with van der Waals surface area (Å²) >= 11 is 0. The molecule has 0 amide bonds. The molecule has 124 valence electrons. The van der Waals surface area contributed by atoms with E-state index in [9.17, 15) is 4.79 Å². The lowest BCUT2D eigenvalue weighted by Gasteiger charge is -2.18. The van der Waals surface area contributed by atoms with Crippen LogP contribution in [0.1, 0.15) is 29.9 Å². The van der Waals surface area contributed by atoms with E-state index < -0.39 is 6.10 Å². The van der Waals surface area contributed by atoms with Crippen LogP contribution in [0, 0.1) is 6.92 Å². The van der Waals surface area contributed by atoms with Crippen molar-refractivity contribution in [2.75, 3.05) is 0 Å². The molecule has 0 aliphatic rings. The van der Waals surface area contributed by atoms with Gasteiger partial charge >= 0.3 is 5.69 Å². The molecule has 0 N–H and O–H groups in total. The van der Waals surface area contributed by atoms with Crippen LogP contribution in [0.2, 0.25) is 0 Å². The number of hydrogen-bond donors (Lipinski definition) is 0. The fourth-order valence-corrected chi connectivity index (χ4v) is 2.46. The van der Waals surface area contributed by atoms with Gasteiger partial charge in [-0.05, 0) is 48.0 Å². The largest absolute Gasteiger partial charge is 0.465 e. The van der Waals surface area contributed by atoms with E-state index in [1.165, 1.54) is 9.36 Å². The van der Waals surface area contributed by atoms with Crippen LogP contribution in [0.25, 0.3) is 5.69 Å². The van der Waals surface area contributed by atoms with Gasteiger partial charge in [0.1, 0.15) is 0 Å². The van der Waals surface area contributed by atoms with Gasteiger partial charge in [0.25, 0.3) is 0 Å². The standard InChI is InChI=1S/C16H17N5O3/c1-4-17-24-15(13-9-6-10-23-13)14-11(2)7-5-8-12(14)21-16(22)20(3)18-19-21/h4-10,15H,1-3H3. The third-order valence-electron chi connectivity index (χ3n) is 3.59. The lowest BCUT2D eigenvalue weighted by Crippen LogP contribution is -2.24. The van der Waals surface area contributed by atoms with Gasteiger partial charge in [-0.2, -0.15) is 9.36 Å². The van der Waals surface area contributed by atoms with E-state index in [1.807, 2.05) is 19.1 Å².